The molecule has 1 aromatic carbocycles. The number of amides is 1. The van der Waals surface area contributed by atoms with Crippen molar-refractivity contribution in [3.63, 3.8) is 0 Å². The quantitative estimate of drug-likeness (QED) is 0.785. The zero-order valence-corrected chi connectivity index (χ0v) is 14.6. The van der Waals surface area contributed by atoms with Gasteiger partial charge in [0.25, 0.3) is 0 Å². The number of methoxy groups -OCH3 is 1. The average Bonchev–Trinajstić information content (AvgIpc) is 2.67. The molecular formula is C18H18ClN3O3. The van der Waals surface area contributed by atoms with Gasteiger partial charge in [0.1, 0.15) is 0 Å². The van der Waals surface area contributed by atoms with Crippen LogP contribution in [0.1, 0.15) is 11.6 Å². The third-order valence-electron chi connectivity index (χ3n) is 4.00. The van der Waals surface area contributed by atoms with Gasteiger partial charge in [-0.3, -0.25) is 4.79 Å². The lowest BCUT2D eigenvalue weighted by atomic mass is 10.0. The lowest BCUT2D eigenvalue weighted by Gasteiger charge is -2.35. The molecule has 7 heteroatoms. The zero-order chi connectivity index (χ0) is 17.8. The fraction of sp³-hybridized carbons (Fsp3) is 0.278. The van der Waals surface area contributed by atoms with Crippen LogP contribution in [-0.4, -0.2) is 47.6 Å². The number of aromatic nitrogens is 2. The lowest BCUT2D eigenvalue weighted by molar-refractivity contribution is -0.134. The normalized spacial score (nSPS) is 17.2. The molecule has 0 spiro atoms. The third kappa shape index (κ3) is 3.81. The van der Waals surface area contributed by atoms with Gasteiger partial charge in [0, 0.05) is 23.3 Å². The van der Waals surface area contributed by atoms with Gasteiger partial charge in [-0.2, -0.15) is 4.98 Å². The van der Waals surface area contributed by atoms with Gasteiger partial charge in [0.15, 0.2) is 0 Å². The Morgan fingerprint density at radius 2 is 2.32 bits per heavy atom. The number of ether oxygens (including phenoxy) is 2. The van der Waals surface area contributed by atoms with Crippen molar-refractivity contribution in [2.45, 2.75) is 6.04 Å². The summed E-state index contributed by atoms with van der Waals surface area (Å²) in [6.07, 6.45) is 2.94. The van der Waals surface area contributed by atoms with E-state index in [9.17, 15) is 4.79 Å². The number of nitrogens with zero attached hydrogens (tertiary/aromatic N) is 3. The van der Waals surface area contributed by atoms with E-state index in [1.54, 1.807) is 17.2 Å². The maximum atomic E-state index is 12.2. The average molecular weight is 360 g/mol. The van der Waals surface area contributed by atoms with Crippen LogP contribution in [0.25, 0.3) is 11.3 Å². The molecule has 1 aliphatic rings. The molecule has 0 bridgehead atoms. The van der Waals surface area contributed by atoms with Crippen molar-refractivity contribution in [3.05, 3.63) is 53.7 Å². The Morgan fingerprint density at radius 3 is 3.08 bits per heavy atom. The van der Waals surface area contributed by atoms with Gasteiger partial charge in [-0.25, -0.2) is 4.98 Å². The van der Waals surface area contributed by atoms with Crippen LogP contribution in [0, 0.1) is 0 Å². The number of halogens is 1. The monoisotopic (exact) mass is 359 g/mol. The summed E-state index contributed by atoms with van der Waals surface area (Å²) in [4.78, 5) is 22.3. The molecule has 2 heterocycles. The third-order valence-corrected chi connectivity index (χ3v) is 4.22. The SMILES string of the molecule is C=CC(=O)N1CCOCC1c1cc(Cl)cc(-c2ccnc(OC)n2)c1. The molecule has 2 aromatic rings. The molecule has 1 saturated heterocycles. The Kier molecular flexibility index (Phi) is 5.31. The van der Waals surface area contributed by atoms with Gasteiger partial charge in [-0.1, -0.05) is 18.2 Å². The number of carbonyl (C=O) groups is 1. The van der Waals surface area contributed by atoms with Crippen molar-refractivity contribution in [1.82, 2.24) is 14.9 Å². The highest BCUT2D eigenvalue weighted by molar-refractivity contribution is 6.31. The molecule has 130 valence electrons. The van der Waals surface area contributed by atoms with Crippen molar-refractivity contribution < 1.29 is 14.3 Å². The Hall–Kier alpha value is -2.44. The second kappa shape index (κ2) is 7.63. The zero-order valence-electron chi connectivity index (χ0n) is 13.8. The summed E-state index contributed by atoms with van der Waals surface area (Å²) in [5.74, 6) is -0.126. The standard InChI is InChI=1S/C18H18ClN3O3/c1-3-17(23)22-6-7-25-11-16(22)13-8-12(9-14(19)10-13)15-4-5-20-18(21-15)24-2/h3-5,8-10,16H,1,6-7,11H2,2H3. The molecule has 6 nitrogen and oxygen atoms in total. The van der Waals surface area contributed by atoms with E-state index in [-0.39, 0.29) is 18.0 Å². The van der Waals surface area contributed by atoms with Gasteiger partial charge < -0.3 is 14.4 Å². The molecule has 1 aliphatic heterocycles. The summed E-state index contributed by atoms with van der Waals surface area (Å²) >= 11 is 6.31. The minimum Gasteiger partial charge on any atom is -0.467 e. The summed E-state index contributed by atoms with van der Waals surface area (Å²) in [5, 5.41) is 0.557. The Balaban J connectivity index is 2.00. The Bertz CT molecular complexity index is 797. The highest BCUT2D eigenvalue weighted by atomic mass is 35.5. The first kappa shape index (κ1) is 17.4. The molecule has 1 unspecified atom stereocenters. The van der Waals surface area contributed by atoms with Gasteiger partial charge in [-0.15, -0.1) is 0 Å². The van der Waals surface area contributed by atoms with E-state index in [2.05, 4.69) is 16.5 Å². The number of carbonyl (C=O) groups excluding carboxylic acids is 1. The number of benzene rings is 1. The molecule has 0 saturated carbocycles. The first-order chi connectivity index (χ1) is 12.1. The molecule has 1 amide bonds. The van der Waals surface area contributed by atoms with E-state index in [1.807, 2.05) is 18.2 Å². The Morgan fingerprint density at radius 1 is 1.48 bits per heavy atom. The molecule has 0 aliphatic carbocycles. The number of hydrogen-bond donors (Lipinski definition) is 0. The van der Waals surface area contributed by atoms with Crippen molar-refractivity contribution in [2.75, 3.05) is 26.9 Å². The van der Waals surface area contributed by atoms with E-state index >= 15 is 0 Å². The second-order valence-corrected chi connectivity index (χ2v) is 5.96. The van der Waals surface area contributed by atoms with E-state index in [0.29, 0.717) is 30.5 Å². The molecule has 3 rings (SSSR count). The number of rotatable bonds is 4. The lowest BCUT2D eigenvalue weighted by Crippen LogP contribution is -2.42. The van der Waals surface area contributed by atoms with E-state index in [4.69, 9.17) is 21.1 Å². The highest BCUT2D eigenvalue weighted by Gasteiger charge is 2.28. The largest absolute Gasteiger partial charge is 0.467 e. The van der Waals surface area contributed by atoms with Crippen LogP contribution in [0.2, 0.25) is 5.02 Å². The van der Waals surface area contributed by atoms with Crippen molar-refractivity contribution >= 4 is 17.5 Å². The smallest absolute Gasteiger partial charge is 0.316 e. The van der Waals surface area contributed by atoms with Crippen LogP contribution >= 0.6 is 11.6 Å². The predicted octanol–water partition coefficient (Wildman–Crippen LogP) is 2.89. The van der Waals surface area contributed by atoms with E-state index in [1.165, 1.54) is 13.2 Å². The Labute approximate surface area is 151 Å². The fourth-order valence-corrected chi connectivity index (χ4v) is 3.06. The van der Waals surface area contributed by atoms with Gasteiger partial charge in [0.2, 0.25) is 5.91 Å². The van der Waals surface area contributed by atoms with E-state index < -0.39 is 0 Å². The molecule has 0 radical (unpaired) electrons. The van der Waals surface area contributed by atoms with Crippen molar-refractivity contribution in [1.29, 1.82) is 0 Å². The van der Waals surface area contributed by atoms with Crippen LogP contribution in [0.3, 0.4) is 0 Å². The van der Waals surface area contributed by atoms with Crippen LogP contribution in [0.15, 0.2) is 43.1 Å². The van der Waals surface area contributed by atoms with Crippen LogP contribution in [0.4, 0.5) is 0 Å². The maximum absolute atomic E-state index is 12.2. The molecule has 0 N–H and O–H groups in total. The first-order valence-corrected chi connectivity index (χ1v) is 8.19. The molecule has 1 aromatic heterocycles. The summed E-state index contributed by atoms with van der Waals surface area (Å²) in [6, 6.07) is 7.45. The second-order valence-electron chi connectivity index (χ2n) is 5.53. The van der Waals surface area contributed by atoms with Gasteiger partial charge >= 0.3 is 6.01 Å². The van der Waals surface area contributed by atoms with E-state index in [0.717, 1.165) is 11.1 Å². The van der Waals surface area contributed by atoms with Crippen LogP contribution < -0.4 is 4.74 Å². The summed E-state index contributed by atoms with van der Waals surface area (Å²) in [5.41, 5.74) is 2.39. The maximum Gasteiger partial charge on any atom is 0.316 e. The summed E-state index contributed by atoms with van der Waals surface area (Å²) in [6.45, 7) is 5.01. The van der Waals surface area contributed by atoms with Gasteiger partial charge in [0.05, 0.1) is 32.1 Å². The molecule has 1 atom stereocenters. The highest BCUT2D eigenvalue weighted by Crippen LogP contribution is 2.31. The minimum atomic E-state index is -0.222. The molecular weight excluding hydrogens is 342 g/mol. The van der Waals surface area contributed by atoms with Crippen molar-refractivity contribution in [2.24, 2.45) is 0 Å². The summed E-state index contributed by atoms with van der Waals surface area (Å²) in [7, 11) is 1.51. The fourth-order valence-electron chi connectivity index (χ4n) is 2.81. The number of hydrogen-bond acceptors (Lipinski definition) is 5. The van der Waals surface area contributed by atoms with Crippen molar-refractivity contribution in [3.8, 4) is 17.3 Å². The molecule has 25 heavy (non-hydrogen) atoms. The molecule has 1 fully saturated rings. The first-order valence-electron chi connectivity index (χ1n) is 7.81. The summed E-state index contributed by atoms with van der Waals surface area (Å²) < 4.78 is 10.6. The topological polar surface area (TPSA) is 64.6 Å². The van der Waals surface area contributed by atoms with Gasteiger partial charge in [-0.05, 0) is 35.9 Å². The number of morpholine rings is 1. The van der Waals surface area contributed by atoms with Crippen LogP contribution in [0.5, 0.6) is 6.01 Å². The van der Waals surface area contributed by atoms with Crippen LogP contribution in [-0.2, 0) is 9.53 Å². The minimum absolute atomic E-state index is 0.126. The predicted molar refractivity (Wildman–Crippen MR) is 94.5 cm³/mol.